The maximum atomic E-state index is 6.35. The van der Waals surface area contributed by atoms with Crippen LogP contribution in [0.2, 0.25) is 0 Å². The van der Waals surface area contributed by atoms with Gasteiger partial charge in [-0.1, -0.05) is 158 Å². The van der Waals surface area contributed by atoms with Gasteiger partial charge in [0, 0.05) is 21.5 Å². The second-order valence-electron chi connectivity index (χ2n) is 14.7. The van der Waals surface area contributed by atoms with Crippen LogP contribution in [0.1, 0.15) is 0 Å². The Kier molecular flexibility index (Phi) is 6.66. The minimum Gasteiger partial charge on any atom is -0.456 e. The van der Waals surface area contributed by atoms with Gasteiger partial charge < -0.3 is 8.83 Å². The second kappa shape index (κ2) is 12.0. The van der Waals surface area contributed by atoms with Gasteiger partial charge in [-0.3, -0.25) is 0 Å². The first-order valence-corrected chi connectivity index (χ1v) is 19.2. The van der Waals surface area contributed by atoms with Crippen LogP contribution in [0, 0.1) is 0 Å². The lowest BCUT2D eigenvalue weighted by Crippen LogP contribution is -1.93. The average molecular weight is 713 g/mol. The number of rotatable bonds is 4. The van der Waals surface area contributed by atoms with E-state index in [0.29, 0.717) is 0 Å². The number of furan rings is 2. The van der Waals surface area contributed by atoms with E-state index in [9.17, 15) is 0 Å². The third-order valence-electron chi connectivity index (χ3n) is 11.7. The minimum absolute atomic E-state index is 0.900. The summed E-state index contributed by atoms with van der Waals surface area (Å²) >= 11 is 0. The molecular formula is C54H32O2. The Morgan fingerprint density at radius 1 is 0.250 bits per heavy atom. The van der Waals surface area contributed by atoms with E-state index in [4.69, 9.17) is 8.83 Å². The molecule has 0 atom stereocenters. The summed E-state index contributed by atoms with van der Waals surface area (Å²) in [5.41, 5.74) is 13.1. The van der Waals surface area contributed by atoms with Gasteiger partial charge in [-0.05, 0) is 113 Å². The Hall–Kier alpha value is -7.42. The van der Waals surface area contributed by atoms with Crippen LogP contribution in [-0.4, -0.2) is 0 Å². The molecular weight excluding hydrogens is 681 g/mol. The van der Waals surface area contributed by atoms with Crippen molar-refractivity contribution in [1.82, 2.24) is 0 Å². The van der Waals surface area contributed by atoms with Crippen LogP contribution in [0.25, 0.3) is 121 Å². The summed E-state index contributed by atoms with van der Waals surface area (Å²) in [6.07, 6.45) is 0. The second-order valence-corrected chi connectivity index (χ2v) is 14.7. The number of fused-ring (bicyclic) bond motifs is 9. The first kappa shape index (κ1) is 31.0. The smallest absolute Gasteiger partial charge is 0.136 e. The van der Waals surface area contributed by atoms with Crippen LogP contribution in [-0.2, 0) is 0 Å². The maximum absolute atomic E-state index is 6.35. The lowest BCUT2D eigenvalue weighted by molar-refractivity contribution is 0.668. The topological polar surface area (TPSA) is 26.3 Å². The van der Waals surface area contributed by atoms with Crippen LogP contribution in [0.3, 0.4) is 0 Å². The molecule has 10 aromatic carbocycles. The number of benzene rings is 10. The Morgan fingerprint density at radius 3 is 1.61 bits per heavy atom. The van der Waals surface area contributed by atoms with Gasteiger partial charge in [0.1, 0.15) is 22.3 Å². The Morgan fingerprint density at radius 2 is 0.768 bits per heavy atom. The van der Waals surface area contributed by atoms with E-state index in [1.807, 2.05) is 18.2 Å². The van der Waals surface area contributed by atoms with E-state index in [1.165, 1.54) is 60.1 Å². The average Bonchev–Trinajstić information content (AvgIpc) is 3.83. The molecule has 260 valence electrons. The van der Waals surface area contributed by atoms with E-state index in [1.54, 1.807) is 0 Å². The third kappa shape index (κ3) is 4.63. The zero-order chi connectivity index (χ0) is 36.7. The van der Waals surface area contributed by atoms with Crippen LogP contribution >= 0.6 is 0 Å². The highest BCUT2D eigenvalue weighted by Crippen LogP contribution is 2.47. The van der Waals surface area contributed by atoms with Crippen molar-refractivity contribution in [3.05, 3.63) is 194 Å². The molecule has 0 radical (unpaired) electrons. The van der Waals surface area contributed by atoms with Crippen LogP contribution < -0.4 is 0 Å². The van der Waals surface area contributed by atoms with E-state index < -0.39 is 0 Å². The van der Waals surface area contributed by atoms with Crippen molar-refractivity contribution in [2.75, 3.05) is 0 Å². The molecule has 2 nitrogen and oxygen atoms in total. The third-order valence-corrected chi connectivity index (χ3v) is 11.7. The molecule has 56 heavy (non-hydrogen) atoms. The lowest BCUT2D eigenvalue weighted by Gasteiger charge is -2.20. The summed E-state index contributed by atoms with van der Waals surface area (Å²) in [5, 5.41) is 11.9. The normalized spacial score (nSPS) is 11.9. The summed E-state index contributed by atoms with van der Waals surface area (Å²) < 4.78 is 12.6. The highest BCUT2D eigenvalue weighted by atomic mass is 16.3. The van der Waals surface area contributed by atoms with Crippen LogP contribution in [0.4, 0.5) is 0 Å². The molecule has 12 rings (SSSR count). The molecule has 2 heterocycles. The van der Waals surface area contributed by atoms with Gasteiger partial charge in [0.15, 0.2) is 0 Å². The molecule has 0 aliphatic carbocycles. The standard InChI is InChI=1S/C54H32O2/c1-2-13-38-34(11-1)12-9-19-42(38)53-44-16-4-3-15-43(44)52(35-25-23-33(24-26-35)36-27-29-41-40-14-5-7-20-48(40)56-51(41)32-36)45-30-28-37(31-47(45)53)39-18-10-22-50-54(39)46-17-6-8-21-49(46)55-50/h1-32H. The van der Waals surface area contributed by atoms with Gasteiger partial charge in [0.2, 0.25) is 0 Å². The van der Waals surface area contributed by atoms with Gasteiger partial charge >= 0.3 is 0 Å². The quantitative estimate of drug-likeness (QED) is 0.170. The summed E-state index contributed by atoms with van der Waals surface area (Å²) in [6, 6.07) is 70.0. The predicted molar refractivity (Wildman–Crippen MR) is 235 cm³/mol. The lowest BCUT2D eigenvalue weighted by atomic mass is 9.83. The molecule has 0 saturated carbocycles. The van der Waals surface area contributed by atoms with Crippen molar-refractivity contribution in [3.8, 4) is 44.5 Å². The molecule has 0 N–H and O–H groups in total. The molecule has 0 fully saturated rings. The van der Waals surface area contributed by atoms with Crippen molar-refractivity contribution in [2.24, 2.45) is 0 Å². The summed E-state index contributed by atoms with van der Waals surface area (Å²) in [5.74, 6) is 0. The van der Waals surface area contributed by atoms with Crippen molar-refractivity contribution in [1.29, 1.82) is 0 Å². The molecule has 0 spiro atoms. The number of hydrogen-bond donors (Lipinski definition) is 0. The minimum atomic E-state index is 0.900. The zero-order valence-electron chi connectivity index (χ0n) is 30.3. The first-order chi connectivity index (χ1) is 27.8. The molecule has 0 saturated heterocycles. The molecule has 0 amide bonds. The molecule has 2 aromatic heterocycles. The monoisotopic (exact) mass is 712 g/mol. The van der Waals surface area contributed by atoms with Crippen molar-refractivity contribution < 1.29 is 8.83 Å². The summed E-state index contributed by atoms with van der Waals surface area (Å²) in [4.78, 5) is 0. The molecule has 2 heteroatoms. The Bertz CT molecular complexity index is 3520. The zero-order valence-corrected chi connectivity index (χ0v) is 30.3. The summed E-state index contributed by atoms with van der Waals surface area (Å²) in [7, 11) is 0. The van der Waals surface area contributed by atoms with Crippen molar-refractivity contribution in [2.45, 2.75) is 0 Å². The van der Waals surface area contributed by atoms with Gasteiger partial charge in [-0.25, -0.2) is 0 Å². The van der Waals surface area contributed by atoms with E-state index in [-0.39, 0.29) is 0 Å². The largest absolute Gasteiger partial charge is 0.456 e. The van der Waals surface area contributed by atoms with Gasteiger partial charge in [0.05, 0.1) is 0 Å². The first-order valence-electron chi connectivity index (χ1n) is 19.2. The predicted octanol–water partition coefficient (Wildman–Crippen LogP) is 15.6. The Labute approximate surface area is 322 Å². The fourth-order valence-corrected chi connectivity index (χ4v) is 9.14. The molecule has 0 aliphatic heterocycles. The van der Waals surface area contributed by atoms with Crippen molar-refractivity contribution >= 4 is 76.2 Å². The summed E-state index contributed by atoms with van der Waals surface area (Å²) in [6.45, 7) is 0. The number of para-hydroxylation sites is 2. The van der Waals surface area contributed by atoms with Crippen LogP contribution in [0.15, 0.2) is 203 Å². The van der Waals surface area contributed by atoms with Crippen molar-refractivity contribution in [3.63, 3.8) is 0 Å². The fourth-order valence-electron chi connectivity index (χ4n) is 9.14. The number of hydrogen-bond acceptors (Lipinski definition) is 2. The highest BCUT2D eigenvalue weighted by Gasteiger charge is 2.20. The molecule has 0 bridgehead atoms. The maximum Gasteiger partial charge on any atom is 0.136 e. The SMILES string of the molecule is c1ccc2c(-c3c4ccccc4c(-c4ccc(-c5ccc6c(c5)oc5ccccc56)cc4)c4ccc(-c5cccc6oc7ccccc7c56)cc34)cccc2c1. The molecule has 12 aromatic rings. The molecule has 0 aliphatic rings. The Balaban J connectivity index is 1.11. The van der Waals surface area contributed by atoms with Gasteiger partial charge in [0.25, 0.3) is 0 Å². The highest BCUT2D eigenvalue weighted by molar-refractivity contribution is 6.24. The van der Waals surface area contributed by atoms with E-state index in [0.717, 1.165) is 60.6 Å². The van der Waals surface area contributed by atoms with E-state index in [2.05, 4.69) is 176 Å². The van der Waals surface area contributed by atoms with Gasteiger partial charge in [-0.2, -0.15) is 0 Å². The fraction of sp³-hybridized carbons (Fsp3) is 0. The van der Waals surface area contributed by atoms with E-state index >= 15 is 0 Å². The molecule has 0 unspecified atom stereocenters. The van der Waals surface area contributed by atoms with Gasteiger partial charge in [-0.15, -0.1) is 0 Å². The van der Waals surface area contributed by atoms with Crippen LogP contribution in [0.5, 0.6) is 0 Å².